The van der Waals surface area contributed by atoms with Gasteiger partial charge in [-0.25, -0.2) is 0 Å². The van der Waals surface area contributed by atoms with E-state index in [1.807, 2.05) is 30.3 Å². The maximum atomic E-state index is 5.79. The molecule has 3 nitrogen and oxygen atoms in total. The van der Waals surface area contributed by atoms with Crippen molar-refractivity contribution in [2.24, 2.45) is 0 Å². The van der Waals surface area contributed by atoms with Crippen LogP contribution in [0.1, 0.15) is 12.0 Å². The zero-order valence-corrected chi connectivity index (χ0v) is 11.0. The standard InChI is InChI=1S/C16H17NO2/c1-11-9-13(17)4-5-14(11)12-3-6-15-16(10-12)19-8-2-7-18-15/h3-6,9-10H,2,7-8,17H2,1H3. The molecular formula is C16H17NO2. The average Bonchev–Trinajstić information content (AvgIpc) is 2.63. The van der Waals surface area contributed by atoms with Crippen molar-refractivity contribution in [3.8, 4) is 22.6 Å². The van der Waals surface area contributed by atoms with Gasteiger partial charge in [-0.2, -0.15) is 0 Å². The van der Waals surface area contributed by atoms with Crippen molar-refractivity contribution in [3.05, 3.63) is 42.0 Å². The Morgan fingerprint density at radius 1 is 0.947 bits per heavy atom. The smallest absolute Gasteiger partial charge is 0.161 e. The van der Waals surface area contributed by atoms with Gasteiger partial charge in [-0.1, -0.05) is 12.1 Å². The van der Waals surface area contributed by atoms with Crippen LogP contribution in [-0.4, -0.2) is 13.2 Å². The van der Waals surface area contributed by atoms with Crippen molar-refractivity contribution >= 4 is 5.69 Å². The maximum absolute atomic E-state index is 5.79. The first-order valence-corrected chi connectivity index (χ1v) is 6.50. The molecular weight excluding hydrogens is 238 g/mol. The van der Waals surface area contributed by atoms with Crippen LogP contribution in [0.3, 0.4) is 0 Å². The van der Waals surface area contributed by atoms with Crippen LogP contribution in [-0.2, 0) is 0 Å². The SMILES string of the molecule is Cc1cc(N)ccc1-c1ccc2c(c1)OCCCO2. The number of ether oxygens (including phenoxy) is 2. The number of hydrogen-bond acceptors (Lipinski definition) is 3. The summed E-state index contributed by atoms with van der Waals surface area (Å²) < 4.78 is 11.4. The van der Waals surface area contributed by atoms with Crippen molar-refractivity contribution in [1.29, 1.82) is 0 Å². The molecule has 0 bridgehead atoms. The van der Waals surface area contributed by atoms with Gasteiger partial charge < -0.3 is 15.2 Å². The highest BCUT2D eigenvalue weighted by Crippen LogP contribution is 2.35. The third-order valence-electron chi connectivity index (χ3n) is 3.31. The molecule has 0 unspecified atom stereocenters. The molecule has 0 radical (unpaired) electrons. The van der Waals surface area contributed by atoms with E-state index in [0.29, 0.717) is 13.2 Å². The van der Waals surface area contributed by atoms with Crippen molar-refractivity contribution in [3.63, 3.8) is 0 Å². The first kappa shape index (κ1) is 11.9. The molecule has 0 amide bonds. The number of nitrogens with two attached hydrogens (primary N) is 1. The summed E-state index contributed by atoms with van der Waals surface area (Å²) in [6.45, 7) is 3.49. The van der Waals surface area contributed by atoms with Gasteiger partial charge in [0.05, 0.1) is 13.2 Å². The molecule has 0 saturated heterocycles. The molecule has 2 aromatic carbocycles. The number of rotatable bonds is 1. The summed E-state index contributed by atoms with van der Waals surface area (Å²) >= 11 is 0. The predicted molar refractivity (Wildman–Crippen MR) is 76.6 cm³/mol. The number of fused-ring (bicyclic) bond motifs is 1. The third-order valence-corrected chi connectivity index (χ3v) is 3.31. The van der Waals surface area contributed by atoms with Crippen LogP contribution in [0, 0.1) is 6.92 Å². The summed E-state index contributed by atoms with van der Waals surface area (Å²) in [5, 5.41) is 0. The van der Waals surface area contributed by atoms with Gasteiger partial charge in [0.2, 0.25) is 0 Å². The summed E-state index contributed by atoms with van der Waals surface area (Å²) in [5.41, 5.74) is 10.0. The van der Waals surface area contributed by atoms with E-state index in [9.17, 15) is 0 Å². The lowest BCUT2D eigenvalue weighted by atomic mass is 9.99. The highest BCUT2D eigenvalue weighted by molar-refractivity contribution is 5.72. The number of nitrogen functional groups attached to an aromatic ring is 1. The second-order valence-electron chi connectivity index (χ2n) is 4.79. The normalized spacial score (nSPS) is 13.9. The van der Waals surface area contributed by atoms with Gasteiger partial charge in [0.25, 0.3) is 0 Å². The first-order chi connectivity index (χ1) is 9.24. The Bertz CT molecular complexity index is 608. The van der Waals surface area contributed by atoms with E-state index in [0.717, 1.165) is 34.7 Å². The number of benzene rings is 2. The Kier molecular flexibility index (Phi) is 3.03. The molecule has 0 atom stereocenters. The molecule has 3 heteroatoms. The third kappa shape index (κ3) is 2.36. The van der Waals surface area contributed by atoms with Crippen LogP contribution in [0.4, 0.5) is 5.69 Å². The summed E-state index contributed by atoms with van der Waals surface area (Å²) in [6, 6.07) is 12.0. The number of aryl methyl sites for hydroxylation is 1. The minimum absolute atomic E-state index is 0.706. The zero-order chi connectivity index (χ0) is 13.2. The summed E-state index contributed by atoms with van der Waals surface area (Å²) in [5.74, 6) is 1.65. The molecule has 1 aliphatic rings. The van der Waals surface area contributed by atoms with Gasteiger partial charge in [0.15, 0.2) is 11.5 Å². The van der Waals surface area contributed by atoms with Gasteiger partial charge in [-0.15, -0.1) is 0 Å². The van der Waals surface area contributed by atoms with Crippen LogP contribution in [0.25, 0.3) is 11.1 Å². The number of anilines is 1. The Morgan fingerprint density at radius 2 is 1.74 bits per heavy atom. The van der Waals surface area contributed by atoms with E-state index in [1.54, 1.807) is 0 Å². The van der Waals surface area contributed by atoms with Crippen LogP contribution >= 0.6 is 0 Å². The van der Waals surface area contributed by atoms with Gasteiger partial charge in [0, 0.05) is 12.1 Å². The van der Waals surface area contributed by atoms with Gasteiger partial charge in [0.1, 0.15) is 0 Å². The van der Waals surface area contributed by atoms with Crippen LogP contribution in [0.5, 0.6) is 11.5 Å². The number of hydrogen-bond donors (Lipinski definition) is 1. The Hall–Kier alpha value is -2.16. The minimum Gasteiger partial charge on any atom is -0.490 e. The Labute approximate surface area is 113 Å². The first-order valence-electron chi connectivity index (χ1n) is 6.50. The highest BCUT2D eigenvalue weighted by Gasteiger charge is 2.12. The lowest BCUT2D eigenvalue weighted by molar-refractivity contribution is 0.297. The van der Waals surface area contributed by atoms with E-state index in [1.165, 1.54) is 5.56 Å². The van der Waals surface area contributed by atoms with E-state index >= 15 is 0 Å². The summed E-state index contributed by atoms with van der Waals surface area (Å²) in [4.78, 5) is 0. The van der Waals surface area contributed by atoms with Crippen molar-refractivity contribution < 1.29 is 9.47 Å². The van der Waals surface area contributed by atoms with Gasteiger partial charge in [-0.05, 0) is 47.9 Å². The molecule has 1 aliphatic heterocycles. The molecule has 0 aliphatic carbocycles. The van der Waals surface area contributed by atoms with E-state index in [4.69, 9.17) is 15.2 Å². The zero-order valence-electron chi connectivity index (χ0n) is 11.0. The second kappa shape index (κ2) is 4.84. The van der Waals surface area contributed by atoms with E-state index in [-0.39, 0.29) is 0 Å². The molecule has 0 spiro atoms. The van der Waals surface area contributed by atoms with E-state index < -0.39 is 0 Å². The average molecular weight is 255 g/mol. The van der Waals surface area contributed by atoms with Crippen molar-refractivity contribution in [2.45, 2.75) is 13.3 Å². The fourth-order valence-electron chi connectivity index (χ4n) is 2.34. The van der Waals surface area contributed by atoms with Crippen LogP contribution in [0.15, 0.2) is 36.4 Å². The lowest BCUT2D eigenvalue weighted by Gasteiger charge is -2.11. The van der Waals surface area contributed by atoms with Gasteiger partial charge >= 0.3 is 0 Å². The highest BCUT2D eigenvalue weighted by atomic mass is 16.5. The monoisotopic (exact) mass is 255 g/mol. The topological polar surface area (TPSA) is 44.5 Å². The minimum atomic E-state index is 0.706. The molecule has 0 fully saturated rings. The molecule has 0 aromatic heterocycles. The molecule has 98 valence electrons. The molecule has 2 N–H and O–H groups in total. The quantitative estimate of drug-likeness (QED) is 0.794. The molecule has 19 heavy (non-hydrogen) atoms. The summed E-state index contributed by atoms with van der Waals surface area (Å²) in [7, 11) is 0. The molecule has 0 saturated carbocycles. The Balaban J connectivity index is 2.03. The van der Waals surface area contributed by atoms with Crippen molar-refractivity contribution in [2.75, 3.05) is 18.9 Å². The van der Waals surface area contributed by atoms with Crippen molar-refractivity contribution in [1.82, 2.24) is 0 Å². The lowest BCUT2D eigenvalue weighted by Crippen LogP contribution is -1.97. The molecule has 3 rings (SSSR count). The largest absolute Gasteiger partial charge is 0.490 e. The Morgan fingerprint density at radius 3 is 2.53 bits per heavy atom. The second-order valence-corrected chi connectivity index (χ2v) is 4.79. The fraction of sp³-hybridized carbons (Fsp3) is 0.250. The molecule has 2 aromatic rings. The summed E-state index contributed by atoms with van der Waals surface area (Å²) in [6.07, 6.45) is 0.922. The van der Waals surface area contributed by atoms with E-state index in [2.05, 4.69) is 13.0 Å². The van der Waals surface area contributed by atoms with Crippen LogP contribution < -0.4 is 15.2 Å². The van der Waals surface area contributed by atoms with Crippen LogP contribution in [0.2, 0.25) is 0 Å². The fourth-order valence-corrected chi connectivity index (χ4v) is 2.34. The molecule has 1 heterocycles. The maximum Gasteiger partial charge on any atom is 0.161 e. The predicted octanol–water partition coefficient (Wildman–Crippen LogP) is 3.41. The van der Waals surface area contributed by atoms with Gasteiger partial charge in [-0.3, -0.25) is 0 Å².